The molecule has 1 N–H and O–H groups in total. The molecule has 5 nitrogen and oxygen atoms in total. The lowest BCUT2D eigenvalue weighted by atomic mass is 10.1. The van der Waals surface area contributed by atoms with Crippen molar-refractivity contribution in [3.05, 3.63) is 60.2 Å². The van der Waals surface area contributed by atoms with Crippen LogP contribution in [0.25, 0.3) is 0 Å². The van der Waals surface area contributed by atoms with Crippen LogP contribution in [-0.4, -0.2) is 35.1 Å². The van der Waals surface area contributed by atoms with Crippen LogP contribution in [0.4, 0.5) is 9.18 Å². The highest BCUT2D eigenvalue weighted by Gasteiger charge is 2.23. The molecule has 2 aromatic rings. The Morgan fingerprint density at radius 3 is 2.67 bits per heavy atom. The van der Waals surface area contributed by atoms with Crippen LogP contribution in [-0.2, 0) is 6.54 Å². The van der Waals surface area contributed by atoms with Gasteiger partial charge in [-0.15, -0.1) is 0 Å². The molecule has 1 saturated heterocycles. The Hall–Kier alpha value is -2.63. The molecule has 2 amide bonds. The van der Waals surface area contributed by atoms with Crippen molar-refractivity contribution in [3.63, 3.8) is 0 Å². The van der Waals surface area contributed by atoms with E-state index >= 15 is 0 Å². The number of piperidine rings is 1. The predicted octanol–water partition coefficient (Wildman–Crippen LogP) is 2.97. The lowest BCUT2D eigenvalue weighted by Gasteiger charge is -2.32. The maximum absolute atomic E-state index is 12.9. The highest BCUT2D eigenvalue weighted by molar-refractivity contribution is 5.74. The second kappa shape index (κ2) is 7.77. The van der Waals surface area contributed by atoms with Crippen LogP contribution < -0.4 is 10.1 Å². The van der Waals surface area contributed by atoms with Gasteiger partial charge in [-0.1, -0.05) is 12.1 Å². The molecule has 0 aliphatic carbocycles. The van der Waals surface area contributed by atoms with E-state index in [1.165, 1.54) is 12.1 Å². The van der Waals surface area contributed by atoms with E-state index < -0.39 is 0 Å². The number of aromatic nitrogens is 1. The molecule has 6 heteroatoms. The van der Waals surface area contributed by atoms with Crippen LogP contribution in [0, 0.1) is 5.82 Å². The maximum atomic E-state index is 12.9. The minimum absolute atomic E-state index is 0.0980. The van der Waals surface area contributed by atoms with Gasteiger partial charge >= 0.3 is 6.03 Å². The fourth-order valence-electron chi connectivity index (χ4n) is 2.68. The van der Waals surface area contributed by atoms with Gasteiger partial charge in [-0.25, -0.2) is 9.18 Å². The van der Waals surface area contributed by atoms with Gasteiger partial charge in [0, 0.05) is 38.7 Å². The van der Waals surface area contributed by atoms with Crippen LogP contribution in [0.15, 0.2) is 48.8 Å². The monoisotopic (exact) mass is 329 g/mol. The quantitative estimate of drug-likeness (QED) is 0.938. The summed E-state index contributed by atoms with van der Waals surface area (Å²) in [7, 11) is 0. The number of carbonyl (C=O) groups excluding carboxylic acids is 1. The zero-order chi connectivity index (χ0) is 16.8. The molecule has 0 spiro atoms. The van der Waals surface area contributed by atoms with Crippen LogP contribution in [0.3, 0.4) is 0 Å². The Balaban J connectivity index is 1.42. The summed E-state index contributed by atoms with van der Waals surface area (Å²) < 4.78 is 18.7. The third kappa shape index (κ3) is 4.44. The zero-order valence-electron chi connectivity index (χ0n) is 13.3. The molecule has 0 unspecified atom stereocenters. The summed E-state index contributed by atoms with van der Waals surface area (Å²) in [6, 6.07) is 9.75. The summed E-state index contributed by atoms with van der Waals surface area (Å²) in [5.41, 5.74) is 0.875. The number of amides is 2. The first kappa shape index (κ1) is 16.2. The van der Waals surface area contributed by atoms with E-state index in [0.717, 1.165) is 24.2 Å². The minimum Gasteiger partial charge on any atom is -0.489 e. The van der Waals surface area contributed by atoms with Gasteiger partial charge in [-0.2, -0.15) is 0 Å². The van der Waals surface area contributed by atoms with Crippen molar-refractivity contribution in [1.82, 2.24) is 15.2 Å². The molecule has 1 aliphatic heterocycles. The highest BCUT2D eigenvalue weighted by Crippen LogP contribution is 2.18. The number of pyridine rings is 1. The number of nitrogens with zero attached hydrogens (tertiary/aromatic N) is 2. The fraction of sp³-hybridized carbons (Fsp3) is 0.333. The van der Waals surface area contributed by atoms with Gasteiger partial charge in [0.2, 0.25) is 0 Å². The van der Waals surface area contributed by atoms with Crippen LogP contribution in [0.1, 0.15) is 18.4 Å². The van der Waals surface area contributed by atoms with E-state index in [1.807, 2.05) is 12.1 Å². The molecule has 0 radical (unpaired) electrons. The average Bonchev–Trinajstić information content (AvgIpc) is 2.62. The molecule has 1 aromatic carbocycles. The van der Waals surface area contributed by atoms with Crippen LogP contribution >= 0.6 is 0 Å². The number of urea groups is 1. The zero-order valence-corrected chi connectivity index (χ0v) is 13.3. The van der Waals surface area contributed by atoms with E-state index in [2.05, 4.69) is 10.3 Å². The Morgan fingerprint density at radius 1 is 1.25 bits per heavy atom. The molecular weight excluding hydrogens is 309 g/mol. The topological polar surface area (TPSA) is 54.5 Å². The molecule has 24 heavy (non-hydrogen) atoms. The third-order valence-corrected chi connectivity index (χ3v) is 4.02. The Morgan fingerprint density at radius 2 is 2.00 bits per heavy atom. The van der Waals surface area contributed by atoms with Gasteiger partial charge in [-0.3, -0.25) is 4.98 Å². The SMILES string of the molecule is O=C(NCc1ccc(F)cc1)N1CCC(Oc2cccnc2)CC1. The number of ether oxygens (including phenoxy) is 1. The summed E-state index contributed by atoms with van der Waals surface area (Å²) in [6.45, 7) is 1.70. The number of likely N-dealkylation sites (tertiary alicyclic amines) is 1. The summed E-state index contributed by atoms with van der Waals surface area (Å²) >= 11 is 0. The molecule has 3 rings (SSSR count). The molecule has 2 heterocycles. The lowest BCUT2D eigenvalue weighted by molar-refractivity contribution is 0.110. The summed E-state index contributed by atoms with van der Waals surface area (Å²) in [5, 5.41) is 2.87. The van der Waals surface area contributed by atoms with Crippen molar-refractivity contribution in [2.45, 2.75) is 25.5 Å². The molecular formula is C18H20FN3O2. The van der Waals surface area contributed by atoms with Gasteiger partial charge in [0.1, 0.15) is 17.7 Å². The van der Waals surface area contributed by atoms with Crippen molar-refractivity contribution >= 4 is 6.03 Å². The number of halogens is 1. The highest BCUT2D eigenvalue weighted by atomic mass is 19.1. The second-order valence-corrected chi connectivity index (χ2v) is 5.78. The van der Waals surface area contributed by atoms with Gasteiger partial charge in [0.15, 0.2) is 0 Å². The van der Waals surface area contributed by atoms with Crippen molar-refractivity contribution in [3.8, 4) is 5.75 Å². The third-order valence-electron chi connectivity index (χ3n) is 4.02. The van der Waals surface area contributed by atoms with Crippen LogP contribution in [0.5, 0.6) is 5.75 Å². The maximum Gasteiger partial charge on any atom is 0.317 e. The van der Waals surface area contributed by atoms with Gasteiger partial charge in [0.25, 0.3) is 0 Å². The van der Waals surface area contributed by atoms with Gasteiger partial charge < -0.3 is 15.0 Å². The van der Waals surface area contributed by atoms with E-state index in [9.17, 15) is 9.18 Å². The molecule has 0 saturated carbocycles. The van der Waals surface area contributed by atoms with E-state index in [1.54, 1.807) is 29.4 Å². The first-order chi connectivity index (χ1) is 11.7. The number of rotatable bonds is 4. The molecule has 1 aliphatic rings. The first-order valence-corrected chi connectivity index (χ1v) is 8.04. The number of carbonyl (C=O) groups is 1. The average molecular weight is 329 g/mol. The van der Waals surface area contributed by atoms with Crippen molar-refractivity contribution in [2.24, 2.45) is 0 Å². The summed E-state index contributed by atoms with van der Waals surface area (Å²) in [4.78, 5) is 18.0. The largest absolute Gasteiger partial charge is 0.489 e. The number of hydrogen-bond acceptors (Lipinski definition) is 3. The predicted molar refractivity (Wildman–Crippen MR) is 88.1 cm³/mol. The summed E-state index contributed by atoms with van der Waals surface area (Å²) in [5.74, 6) is 0.484. The minimum atomic E-state index is -0.277. The summed E-state index contributed by atoms with van der Waals surface area (Å²) in [6.07, 6.45) is 5.09. The Labute approximate surface area is 140 Å². The number of hydrogen-bond donors (Lipinski definition) is 1. The lowest BCUT2D eigenvalue weighted by Crippen LogP contribution is -2.46. The van der Waals surface area contributed by atoms with E-state index in [4.69, 9.17) is 4.74 Å². The fourth-order valence-corrected chi connectivity index (χ4v) is 2.68. The molecule has 0 atom stereocenters. The smallest absolute Gasteiger partial charge is 0.317 e. The number of benzene rings is 1. The van der Waals surface area contributed by atoms with Gasteiger partial charge in [-0.05, 0) is 29.8 Å². The van der Waals surface area contributed by atoms with Crippen LogP contribution in [0.2, 0.25) is 0 Å². The molecule has 1 fully saturated rings. The number of nitrogens with one attached hydrogen (secondary N) is 1. The second-order valence-electron chi connectivity index (χ2n) is 5.78. The standard InChI is InChI=1S/C18H20FN3O2/c19-15-5-3-14(4-6-15)12-21-18(23)22-10-7-16(8-11-22)24-17-2-1-9-20-13-17/h1-6,9,13,16H,7-8,10-12H2,(H,21,23). The Kier molecular flexibility index (Phi) is 5.25. The van der Waals surface area contributed by atoms with Crippen molar-refractivity contribution in [2.75, 3.05) is 13.1 Å². The van der Waals surface area contributed by atoms with Gasteiger partial charge in [0.05, 0.1) is 6.20 Å². The Bertz CT molecular complexity index is 656. The van der Waals surface area contributed by atoms with Crippen molar-refractivity contribution < 1.29 is 13.9 Å². The molecule has 126 valence electrons. The van der Waals surface area contributed by atoms with E-state index in [0.29, 0.717) is 19.6 Å². The molecule has 1 aromatic heterocycles. The van der Waals surface area contributed by atoms with Crippen molar-refractivity contribution in [1.29, 1.82) is 0 Å². The molecule has 0 bridgehead atoms. The first-order valence-electron chi connectivity index (χ1n) is 8.04. The normalized spacial score (nSPS) is 15.1. The van der Waals surface area contributed by atoms with E-state index in [-0.39, 0.29) is 18.0 Å².